The summed E-state index contributed by atoms with van der Waals surface area (Å²) in [4.78, 5) is 16.9. The lowest BCUT2D eigenvalue weighted by Crippen LogP contribution is -2.62. The van der Waals surface area contributed by atoms with E-state index in [0.29, 0.717) is 24.5 Å². The predicted octanol–water partition coefficient (Wildman–Crippen LogP) is 1.25. The van der Waals surface area contributed by atoms with E-state index in [1.807, 2.05) is 31.7 Å². The van der Waals surface area contributed by atoms with Crippen LogP contribution in [0.3, 0.4) is 0 Å². The number of carboxylic acids is 1. The van der Waals surface area contributed by atoms with Gasteiger partial charge in [0.2, 0.25) is 0 Å². The summed E-state index contributed by atoms with van der Waals surface area (Å²) < 4.78 is 5.36. The lowest BCUT2D eigenvalue weighted by molar-refractivity contribution is -0.150. The van der Waals surface area contributed by atoms with Crippen molar-refractivity contribution in [3.63, 3.8) is 0 Å². The van der Waals surface area contributed by atoms with Crippen molar-refractivity contribution in [3.8, 4) is 6.07 Å². The Balaban J connectivity index is 2.13. The van der Waals surface area contributed by atoms with E-state index < -0.39 is 11.6 Å². The Hall–Kier alpha value is -2.13. The van der Waals surface area contributed by atoms with Gasteiger partial charge in [0.1, 0.15) is 24.1 Å². The van der Waals surface area contributed by atoms with E-state index >= 15 is 0 Å². The molecular formula is C14H17N3O3. The molecule has 0 aromatic carbocycles. The highest BCUT2D eigenvalue weighted by Crippen LogP contribution is 2.32. The van der Waals surface area contributed by atoms with Crippen molar-refractivity contribution in [2.75, 3.05) is 24.6 Å². The van der Waals surface area contributed by atoms with E-state index in [1.165, 1.54) is 0 Å². The summed E-state index contributed by atoms with van der Waals surface area (Å²) in [7, 11) is 0. The summed E-state index contributed by atoms with van der Waals surface area (Å²) in [5.41, 5.74) is 1.83. The molecule has 1 N–H and O–H groups in total. The Morgan fingerprint density at radius 3 is 2.80 bits per heavy atom. The number of carbonyl (C=O) groups is 1. The third-order valence-electron chi connectivity index (χ3n) is 3.33. The number of rotatable bonds is 4. The van der Waals surface area contributed by atoms with Gasteiger partial charge in [-0.05, 0) is 32.4 Å². The van der Waals surface area contributed by atoms with Crippen molar-refractivity contribution in [3.05, 3.63) is 22.9 Å². The van der Waals surface area contributed by atoms with Crippen molar-refractivity contribution < 1.29 is 14.6 Å². The molecule has 0 unspecified atom stereocenters. The van der Waals surface area contributed by atoms with Crippen LogP contribution in [0.1, 0.15) is 23.7 Å². The SMILES string of the molecule is Cc1cc(C)c(C#N)c(N2CC(C)(OCC(=O)O)C2)n1. The van der Waals surface area contributed by atoms with E-state index in [9.17, 15) is 10.1 Å². The van der Waals surface area contributed by atoms with Crippen molar-refractivity contribution in [2.45, 2.75) is 26.4 Å². The second kappa shape index (κ2) is 5.10. The van der Waals surface area contributed by atoms with Gasteiger partial charge in [-0.15, -0.1) is 0 Å². The molecule has 1 aromatic rings. The summed E-state index contributed by atoms with van der Waals surface area (Å²) in [6.45, 7) is 6.39. The number of nitriles is 1. The van der Waals surface area contributed by atoms with Crippen LogP contribution < -0.4 is 4.90 Å². The maximum Gasteiger partial charge on any atom is 0.329 e. The first-order valence-corrected chi connectivity index (χ1v) is 6.34. The highest BCUT2D eigenvalue weighted by atomic mass is 16.5. The van der Waals surface area contributed by atoms with Gasteiger partial charge in [0.05, 0.1) is 18.7 Å². The van der Waals surface area contributed by atoms with E-state index in [-0.39, 0.29) is 6.61 Å². The second-order valence-electron chi connectivity index (χ2n) is 5.38. The zero-order valence-corrected chi connectivity index (χ0v) is 11.8. The Bertz CT molecular complexity index is 586. The maximum atomic E-state index is 10.5. The first kappa shape index (κ1) is 14.3. The van der Waals surface area contributed by atoms with Crippen LogP contribution in [-0.4, -0.2) is 41.4 Å². The molecule has 1 fully saturated rings. The molecule has 0 bridgehead atoms. The number of pyridine rings is 1. The highest BCUT2D eigenvalue weighted by Gasteiger charge is 2.42. The van der Waals surface area contributed by atoms with Gasteiger partial charge in [0.25, 0.3) is 0 Å². The molecule has 20 heavy (non-hydrogen) atoms. The molecule has 0 saturated carbocycles. The first-order valence-electron chi connectivity index (χ1n) is 6.34. The fourth-order valence-corrected chi connectivity index (χ4v) is 2.42. The lowest BCUT2D eigenvalue weighted by atomic mass is 9.95. The number of ether oxygens (including phenoxy) is 1. The van der Waals surface area contributed by atoms with Crippen LogP contribution in [0.4, 0.5) is 5.82 Å². The molecule has 0 atom stereocenters. The minimum absolute atomic E-state index is 0.310. The highest BCUT2D eigenvalue weighted by molar-refractivity contribution is 5.68. The lowest BCUT2D eigenvalue weighted by Gasteiger charge is -2.48. The molecule has 0 aliphatic carbocycles. The van der Waals surface area contributed by atoms with Crippen molar-refractivity contribution >= 4 is 11.8 Å². The number of carboxylic acid groups (broad SMARTS) is 1. The summed E-state index contributed by atoms with van der Waals surface area (Å²) in [6.07, 6.45) is 0. The van der Waals surface area contributed by atoms with Crippen molar-refractivity contribution in [1.29, 1.82) is 5.26 Å². The average Bonchev–Trinajstić information content (AvgIpc) is 2.32. The standard InChI is InChI=1S/C14H17N3O3/c1-9-4-10(2)16-13(11(9)5-15)17-7-14(3,8-17)20-6-12(18)19/h4H,6-8H2,1-3H3,(H,18,19). The van der Waals surface area contributed by atoms with Crippen LogP contribution >= 0.6 is 0 Å². The van der Waals surface area contributed by atoms with E-state index in [0.717, 1.165) is 11.3 Å². The molecular weight excluding hydrogens is 258 g/mol. The summed E-state index contributed by atoms with van der Waals surface area (Å²) >= 11 is 0. The molecule has 2 rings (SSSR count). The molecule has 0 amide bonds. The number of anilines is 1. The zero-order valence-electron chi connectivity index (χ0n) is 11.8. The summed E-state index contributed by atoms with van der Waals surface area (Å²) in [6, 6.07) is 4.06. The zero-order chi connectivity index (χ0) is 14.9. The number of aromatic nitrogens is 1. The van der Waals surface area contributed by atoms with Gasteiger partial charge in [-0.1, -0.05) is 0 Å². The van der Waals surface area contributed by atoms with E-state index in [4.69, 9.17) is 9.84 Å². The van der Waals surface area contributed by atoms with Crippen LogP contribution in [0.2, 0.25) is 0 Å². The summed E-state index contributed by atoms with van der Waals surface area (Å²) in [5, 5.41) is 17.9. The normalized spacial score (nSPS) is 16.4. The molecule has 1 aromatic heterocycles. The van der Waals surface area contributed by atoms with Crippen LogP contribution in [0.15, 0.2) is 6.07 Å². The largest absolute Gasteiger partial charge is 0.480 e. The third kappa shape index (κ3) is 2.73. The van der Waals surface area contributed by atoms with Gasteiger partial charge in [-0.3, -0.25) is 0 Å². The van der Waals surface area contributed by atoms with Crippen LogP contribution in [0, 0.1) is 25.2 Å². The van der Waals surface area contributed by atoms with E-state index in [2.05, 4.69) is 11.1 Å². The maximum absolute atomic E-state index is 10.5. The van der Waals surface area contributed by atoms with Crippen LogP contribution in [0.25, 0.3) is 0 Å². The number of aryl methyl sites for hydroxylation is 2. The first-order chi connectivity index (χ1) is 9.34. The fourth-order valence-electron chi connectivity index (χ4n) is 2.42. The molecule has 6 heteroatoms. The predicted molar refractivity (Wildman–Crippen MR) is 72.6 cm³/mol. The number of hydrogen-bond acceptors (Lipinski definition) is 5. The summed E-state index contributed by atoms with van der Waals surface area (Å²) in [5.74, 6) is -0.326. The fraction of sp³-hybridized carbons (Fsp3) is 0.500. The van der Waals surface area contributed by atoms with Gasteiger partial charge >= 0.3 is 5.97 Å². The topological polar surface area (TPSA) is 86.5 Å². The quantitative estimate of drug-likeness (QED) is 0.890. The molecule has 6 nitrogen and oxygen atoms in total. The van der Waals surface area contributed by atoms with Crippen LogP contribution in [-0.2, 0) is 9.53 Å². The van der Waals surface area contributed by atoms with E-state index in [1.54, 1.807) is 0 Å². The number of aliphatic carboxylic acids is 1. The Morgan fingerprint density at radius 2 is 2.25 bits per heavy atom. The van der Waals surface area contributed by atoms with Gasteiger partial charge < -0.3 is 14.7 Å². The van der Waals surface area contributed by atoms with Gasteiger partial charge in [-0.2, -0.15) is 5.26 Å². The van der Waals surface area contributed by atoms with Crippen molar-refractivity contribution in [2.24, 2.45) is 0 Å². The second-order valence-corrected chi connectivity index (χ2v) is 5.38. The third-order valence-corrected chi connectivity index (χ3v) is 3.33. The molecule has 106 valence electrons. The van der Waals surface area contributed by atoms with Crippen molar-refractivity contribution in [1.82, 2.24) is 4.98 Å². The van der Waals surface area contributed by atoms with Crippen LogP contribution in [0.5, 0.6) is 0 Å². The molecule has 1 aliphatic rings. The van der Waals surface area contributed by atoms with Gasteiger partial charge in [0, 0.05) is 5.69 Å². The Kier molecular flexibility index (Phi) is 3.64. The monoisotopic (exact) mass is 275 g/mol. The number of nitrogens with zero attached hydrogens (tertiary/aromatic N) is 3. The smallest absolute Gasteiger partial charge is 0.329 e. The molecule has 1 saturated heterocycles. The molecule has 1 aliphatic heterocycles. The molecule has 0 spiro atoms. The minimum Gasteiger partial charge on any atom is -0.480 e. The Labute approximate surface area is 117 Å². The molecule has 2 heterocycles. The van der Waals surface area contributed by atoms with Gasteiger partial charge in [0.15, 0.2) is 0 Å². The average molecular weight is 275 g/mol. The Morgan fingerprint density at radius 1 is 1.60 bits per heavy atom. The molecule has 0 radical (unpaired) electrons. The number of hydrogen-bond donors (Lipinski definition) is 1. The van der Waals surface area contributed by atoms with Gasteiger partial charge in [-0.25, -0.2) is 9.78 Å². The minimum atomic E-state index is -0.980.